The number of hydrogen-bond donors (Lipinski definition) is 2. The van der Waals surface area contributed by atoms with E-state index in [2.05, 4.69) is 15.1 Å². The molecule has 0 aromatic carbocycles. The Bertz CT molecular complexity index is 936. The summed E-state index contributed by atoms with van der Waals surface area (Å²) in [4.78, 5) is 18.8. The summed E-state index contributed by atoms with van der Waals surface area (Å²) in [7, 11) is -4.15. The highest BCUT2D eigenvalue weighted by atomic mass is 32.2. The van der Waals surface area contributed by atoms with Gasteiger partial charge in [-0.3, -0.25) is 9.35 Å². The first-order valence-corrected chi connectivity index (χ1v) is 7.78. The van der Waals surface area contributed by atoms with Gasteiger partial charge >= 0.3 is 0 Å². The zero-order chi connectivity index (χ0) is 15.2. The topological polar surface area (TPSA) is 118 Å². The second-order valence-corrected chi connectivity index (χ2v) is 6.34. The van der Waals surface area contributed by atoms with Gasteiger partial charge in [0.1, 0.15) is 11.2 Å². The Morgan fingerprint density at radius 3 is 2.76 bits per heavy atom. The molecule has 110 valence electrons. The van der Waals surface area contributed by atoms with Crippen LogP contribution in [0.25, 0.3) is 16.7 Å². The molecular weight excluding hydrogens is 296 g/mol. The van der Waals surface area contributed by atoms with Crippen LogP contribution < -0.4 is 5.56 Å². The van der Waals surface area contributed by atoms with Gasteiger partial charge in [-0.15, -0.1) is 0 Å². The smallest absolute Gasteiger partial charge is 0.265 e. The van der Waals surface area contributed by atoms with Crippen molar-refractivity contribution in [3.63, 3.8) is 0 Å². The van der Waals surface area contributed by atoms with Crippen molar-refractivity contribution in [2.45, 2.75) is 12.8 Å². The highest BCUT2D eigenvalue weighted by molar-refractivity contribution is 7.85. The summed E-state index contributed by atoms with van der Waals surface area (Å²) in [5.74, 6) is -0.972. The molecule has 0 saturated carbocycles. The van der Waals surface area contributed by atoms with Gasteiger partial charge in [0.15, 0.2) is 5.65 Å². The number of rotatable bonds is 4. The molecule has 1 aliphatic rings. The zero-order valence-corrected chi connectivity index (χ0v) is 11.8. The predicted molar refractivity (Wildman–Crippen MR) is 76.4 cm³/mol. The van der Waals surface area contributed by atoms with Crippen LogP contribution in [0, 0.1) is 0 Å². The van der Waals surface area contributed by atoms with E-state index in [1.54, 1.807) is 6.92 Å². The van der Waals surface area contributed by atoms with E-state index in [4.69, 9.17) is 4.55 Å². The van der Waals surface area contributed by atoms with Gasteiger partial charge in [0.05, 0.1) is 17.6 Å². The highest BCUT2D eigenvalue weighted by Gasteiger charge is 2.19. The summed E-state index contributed by atoms with van der Waals surface area (Å²) < 4.78 is 32.3. The van der Waals surface area contributed by atoms with E-state index in [1.807, 2.05) is 18.2 Å². The number of allylic oxidation sites excluding steroid dienone is 4. The number of H-pyrrole nitrogens is 1. The molecule has 1 atom stereocenters. The molecule has 3 rings (SSSR count). The summed E-state index contributed by atoms with van der Waals surface area (Å²) in [6.45, 7) is 1.56. The Balaban J connectivity index is 2.11. The summed E-state index contributed by atoms with van der Waals surface area (Å²) >= 11 is 0. The van der Waals surface area contributed by atoms with E-state index in [9.17, 15) is 13.2 Å². The van der Waals surface area contributed by atoms with Gasteiger partial charge in [-0.25, -0.2) is 9.67 Å². The summed E-state index contributed by atoms with van der Waals surface area (Å²) in [5, 5.41) is 4.42. The Labute approximate surface area is 119 Å². The molecule has 0 bridgehead atoms. The fourth-order valence-corrected chi connectivity index (χ4v) is 2.87. The normalized spacial score (nSPS) is 15.8. The van der Waals surface area contributed by atoms with Crippen molar-refractivity contribution < 1.29 is 13.0 Å². The number of fused-ring (bicyclic) bond motifs is 1. The largest absolute Gasteiger partial charge is 0.310 e. The lowest BCUT2D eigenvalue weighted by molar-refractivity contribution is 0.477. The third-order valence-corrected chi connectivity index (χ3v) is 4.08. The van der Waals surface area contributed by atoms with E-state index < -0.39 is 27.3 Å². The van der Waals surface area contributed by atoms with Gasteiger partial charge in [0.2, 0.25) is 0 Å². The quantitative estimate of drug-likeness (QED) is 0.795. The average Bonchev–Trinajstić information content (AvgIpc) is 2.69. The van der Waals surface area contributed by atoms with Crippen molar-refractivity contribution in [3.8, 4) is 0 Å². The van der Waals surface area contributed by atoms with Gasteiger partial charge in [0.25, 0.3) is 15.7 Å². The third kappa shape index (κ3) is 2.52. The standard InChI is InChI=1S/C12H12N4O4S/c1-7(6-21(18,19)20)10-14-11-9(12(17)15-10)5-13-16(11)8-3-2-4-8/h2-5,7H,6H2,1H3,(H,14,15,17)(H,18,19,20)/t7-/m1/s1. The van der Waals surface area contributed by atoms with Crippen LogP contribution in [0.1, 0.15) is 18.7 Å². The van der Waals surface area contributed by atoms with Crippen LogP contribution in [-0.2, 0) is 10.1 Å². The van der Waals surface area contributed by atoms with Gasteiger partial charge in [-0.2, -0.15) is 13.5 Å². The SMILES string of the molecule is C[C@H](CS(=O)(=O)O)c1nc2c(cnn2C2=CC=C2)c(=O)[nH]1. The molecule has 8 nitrogen and oxygen atoms in total. The molecule has 0 spiro atoms. The van der Waals surface area contributed by atoms with Crippen LogP contribution in [0.2, 0.25) is 0 Å². The van der Waals surface area contributed by atoms with Crippen molar-refractivity contribution in [1.82, 2.24) is 19.7 Å². The number of nitrogens with zero attached hydrogens (tertiary/aromatic N) is 3. The zero-order valence-electron chi connectivity index (χ0n) is 11.0. The van der Waals surface area contributed by atoms with E-state index in [0.717, 1.165) is 5.70 Å². The molecule has 2 aromatic heterocycles. The highest BCUT2D eigenvalue weighted by Crippen LogP contribution is 2.20. The van der Waals surface area contributed by atoms with E-state index in [0.29, 0.717) is 11.0 Å². The van der Waals surface area contributed by atoms with E-state index >= 15 is 0 Å². The fraction of sp³-hybridized carbons (Fsp3) is 0.250. The molecule has 0 unspecified atom stereocenters. The lowest BCUT2D eigenvalue weighted by Crippen LogP contribution is -2.19. The molecule has 0 aliphatic heterocycles. The van der Waals surface area contributed by atoms with E-state index in [-0.39, 0.29) is 5.82 Å². The minimum atomic E-state index is -4.15. The molecule has 0 fully saturated rings. The molecule has 0 amide bonds. The fourth-order valence-electron chi connectivity index (χ4n) is 2.08. The minimum Gasteiger partial charge on any atom is -0.310 e. The van der Waals surface area contributed by atoms with Gasteiger partial charge in [0, 0.05) is 5.92 Å². The summed E-state index contributed by atoms with van der Waals surface area (Å²) in [6, 6.07) is 0. The second-order valence-electron chi connectivity index (χ2n) is 4.85. The Morgan fingerprint density at radius 1 is 1.48 bits per heavy atom. The van der Waals surface area contributed by atoms with Crippen molar-refractivity contribution in [2.75, 3.05) is 5.75 Å². The summed E-state index contributed by atoms with van der Waals surface area (Å²) in [6.07, 6.45) is 6.87. The maximum atomic E-state index is 12.0. The maximum absolute atomic E-state index is 12.0. The Hall–Kier alpha value is -2.26. The monoisotopic (exact) mass is 308 g/mol. The molecule has 0 radical (unpaired) electrons. The molecule has 1 aliphatic carbocycles. The van der Waals surface area contributed by atoms with Gasteiger partial charge in [-0.1, -0.05) is 13.0 Å². The predicted octanol–water partition coefficient (Wildman–Crippen LogP) is 0.522. The molecule has 2 N–H and O–H groups in total. The average molecular weight is 308 g/mol. The van der Waals surface area contributed by atoms with Crippen LogP contribution in [0.15, 0.2) is 29.2 Å². The first kappa shape index (κ1) is 13.7. The molecule has 21 heavy (non-hydrogen) atoms. The minimum absolute atomic E-state index is 0.191. The first-order chi connectivity index (χ1) is 9.85. The van der Waals surface area contributed by atoms with Crippen molar-refractivity contribution in [2.24, 2.45) is 0 Å². The van der Waals surface area contributed by atoms with Crippen LogP contribution in [-0.4, -0.2) is 38.5 Å². The molecular formula is C12H12N4O4S. The lowest BCUT2D eigenvalue weighted by atomic mass is 10.2. The molecule has 9 heteroatoms. The van der Waals surface area contributed by atoms with Crippen LogP contribution in [0.4, 0.5) is 0 Å². The first-order valence-electron chi connectivity index (χ1n) is 6.17. The third-order valence-electron chi connectivity index (χ3n) is 3.16. The van der Waals surface area contributed by atoms with Crippen LogP contribution in [0.3, 0.4) is 0 Å². The molecule has 2 aromatic rings. The van der Waals surface area contributed by atoms with Crippen molar-refractivity contribution in [1.29, 1.82) is 0 Å². The summed E-state index contributed by atoms with van der Waals surface area (Å²) in [5.41, 5.74) is 0.746. The second kappa shape index (κ2) is 4.64. The van der Waals surface area contributed by atoms with Gasteiger partial charge < -0.3 is 4.98 Å². The number of aromatic amines is 1. The molecule has 0 saturated heterocycles. The lowest BCUT2D eigenvalue weighted by Gasteiger charge is -2.11. The van der Waals surface area contributed by atoms with Gasteiger partial charge in [-0.05, 0) is 12.2 Å². The Kier molecular flexibility index (Phi) is 3.03. The van der Waals surface area contributed by atoms with Crippen molar-refractivity contribution in [3.05, 3.63) is 40.6 Å². The Morgan fingerprint density at radius 2 is 2.19 bits per heavy atom. The maximum Gasteiger partial charge on any atom is 0.265 e. The van der Waals surface area contributed by atoms with E-state index in [1.165, 1.54) is 10.9 Å². The van der Waals surface area contributed by atoms with Crippen LogP contribution >= 0.6 is 0 Å². The van der Waals surface area contributed by atoms with Crippen LogP contribution in [0.5, 0.6) is 0 Å². The molecule has 2 heterocycles. The number of hydrogen-bond acceptors (Lipinski definition) is 5. The van der Waals surface area contributed by atoms with Crippen molar-refractivity contribution >= 4 is 26.8 Å². The number of nitrogens with one attached hydrogen (secondary N) is 1. The number of aromatic nitrogens is 4.